The Morgan fingerprint density at radius 1 is 1.44 bits per heavy atom. The van der Waals surface area contributed by atoms with Crippen molar-refractivity contribution in [2.24, 2.45) is 0 Å². The van der Waals surface area contributed by atoms with Crippen LogP contribution in [0.5, 0.6) is 0 Å². The van der Waals surface area contributed by atoms with Crippen LogP contribution >= 0.6 is 0 Å². The van der Waals surface area contributed by atoms with Crippen LogP contribution in [0.3, 0.4) is 0 Å². The monoisotopic (exact) mass is 219 g/mol. The van der Waals surface area contributed by atoms with Gasteiger partial charge in [0, 0.05) is 12.7 Å². The van der Waals surface area contributed by atoms with E-state index in [4.69, 9.17) is 0 Å². The topological polar surface area (TPSA) is 50.7 Å². The zero-order valence-corrected chi connectivity index (χ0v) is 10.2. The van der Waals surface area contributed by atoms with Gasteiger partial charge in [0.1, 0.15) is 5.65 Å². The Kier molecular flexibility index (Phi) is 2.37. The molecule has 2 aromatic heterocycles. The van der Waals surface area contributed by atoms with Crippen LogP contribution < -0.4 is 5.56 Å². The van der Waals surface area contributed by atoms with Crippen LogP contribution in [0.4, 0.5) is 0 Å². The average Bonchev–Trinajstić information content (AvgIpc) is 2.57. The summed E-state index contributed by atoms with van der Waals surface area (Å²) in [4.78, 5) is 18.8. The van der Waals surface area contributed by atoms with Gasteiger partial charge in [0.15, 0.2) is 0 Å². The van der Waals surface area contributed by atoms with E-state index in [0.717, 1.165) is 23.1 Å². The quantitative estimate of drug-likeness (QED) is 0.798. The fourth-order valence-corrected chi connectivity index (χ4v) is 1.94. The summed E-state index contributed by atoms with van der Waals surface area (Å²) in [5.41, 5.74) is 1.73. The lowest BCUT2D eigenvalue weighted by Crippen LogP contribution is -2.15. The fourth-order valence-electron chi connectivity index (χ4n) is 1.94. The summed E-state index contributed by atoms with van der Waals surface area (Å²) in [5, 5.41) is 0.719. The number of aromatic nitrogens is 3. The lowest BCUT2D eigenvalue weighted by molar-refractivity contribution is 0.591. The van der Waals surface area contributed by atoms with Crippen LogP contribution in [0.25, 0.3) is 11.0 Å². The number of aromatic amines is 1. The normalized spacial score (nSPS) is 12.2. The Morgan fingerprint density at radius 2 is 2.12 bits per heavy atom. The Hall–Kier alpha value is -1.58. The van der Waals surface area contributed by atoms with Gasteiger partial charge >= 0.3 is 0 Å². The van der Waals surface area contributed by atoms with Crippen molar-refractivity contribution in [1.82, 2.24) is 14.5 Å². The first-order valence-electron chi connectivity index (χ1n) is 5.52. The molecular weight excluding hydrogens is 202 g/mol. The maximum atomic E-state index is 11.9. The number of H-pyrrole nitrogens is 1. The lowest BCUT2D eigenvalue weighted by atomic mass is 9.87. The first kappa shape index (κ1) is 10.9. The van der Waals surface area contributed by atoms with Crippen molar-refractivity contribution >= 4 is 11.0 Å². The zero-order chi connectivity index (χ0) is 11.9. The fraction of sp³-hybridized carbons (Fsp3) is 0.500. The molecule has 0 spiro atoms. The molecule has 86 valence electrons. The largest absolute Gasteiger partial charge is 0.332 e. The van der Waals surface area contributed by atoms with E-state index in [1.807, 2.05) is 10.8 Å². The molecule has 0 unspecified atom stereocenters. The third-order valence-electron chi connectivity index (χ3n) is 2.81. The standard InChI is InChI=1S/C12H17N3O/c1-5-15-6-8(12(2,3)4)9-10(15)13-7-14-11(9)16/h6-7H,5H2,1-4H3,(H,13,14,16). The van der Waals surface area contributed by atoms with Gasteiger partial charge in [-0.25, -0.2) is 4.98 Å². The first-order valence-corrected chi connectivity index (χ1v) is 5.52. The molecule has 4 heteroatoms. The number of aryl methyl sites for hydroxylation is 1. The SMILES string of the molecule is CCn1cc(C(C)(C)C)c2c(=O)[nH]cnc21. The highest BCUT2D eigenvalue weighted by atomic mass is 16.1. The first-order chi connectivity index (χ1) is 7.45. The summed E-state index contributed by atoms with van der Waals surface area (Å²) in [5.74, 6) is 0. The summed E-state index contributed by atoms with van der Waals surface area (Å²) in [7, 11) is 0. The Bertz CT molecular complexity index is 572. The van der Waals surface area contributed by atoms with Crippen molar-refractivity contribution in [2.45, 2.75) is 39.7 Å². The molecule has 0 amide bonds. The number of hydrogen-bond acceptors (Lipinski definition) is 2. The molecule has 0 aliphatic carbocycles. The Balaban J connectivity index is 2.91. The smallest absolute Gasteiger partial charge is 0.260 e. The maximum Gasteiger partial charge on any atom is 0.260 e. The van der Waals surface area contributed by atoms with Crippen LogP contribution in [-0.4, -0.2) is 14.5 Å². The zero-order valence-electron chi connectivity index (χ0n) is 10.2. The van der Waals surface area contributed by atoms with E-state index in [1.165, 1.54) is 6.33 Å². The van der Waals surface area contributed by atoms with Crippen molar-refractivity contribution in [3.63, 3.8) is 0 Å². The second-order valence-electron chi connectivity index (χ2n) is 5.01. The van der Waals surface area contributed by atoms with Crippen LogP contribution in [0.2, 0.25) is 0 Å². The molecule has 0 aliphatic heterocycles. The van der Waals surface area contributed by atoms with E-state index in [9.17, 15) is 4.79 Å². The molecule has 0 saturated carbocycles. The summed E-state index contributed by atoms with van der Waals surface area (Å²) in [6.45, 7) is 9.19. The van der Waals surface area contributed by atoms with E-state index < -0.39 is 0 Å². The van der Waals surface area contributed by atoms with Gasteiger partial charge in [-0.05, 0) is 17.9 Å². The number of nitrogens with one attached hydrogen (secondary N) is 1. The highest BCUT2D eigenvalue weighted by Gasteiger charge is 2.22. The predicted octanol–water partition coefficient (Wildman–Crippen LogP) is 2.04. The third-order valence-corrected chi connectivity index (χ3v) is 2.81. The Morgan fingerprint density at radius 3 is 2.69 bits per heavy atom. The minimum Gasteiger partial charge on any atom is -0.332 e. The van der Waals surface area contributed by atoms with Crippen LogP contribution in [0, 0.1) is 0 Å². The van der Waals surface area contributed by atoms with Gasteiger partial charge in [0.05, 0.1) is 11.7 Å². The number of rotatable bonds is 1. The van der Waals surface area contributed by atoms with Crippen molar-refractivity contribution in [2.75, 3.05) is 0 Å². The molecule has 0 radical (unpaired) electrons. The Labute approximate surface area is 94.3 Å². The highest BCUT2D eigenvalue weighted by Crippen LogP contribution is 2.28. The van der Waals surface area contributed by atoms with E-state index in [1.54, 1.807) is 0 Å². The maximum absolute atomic E-state index is 11.9. The molecule has 2 aromatic rings. The van der Waals surface area contributed by atoms with Crippen LogP contribution in [-0.2, 0) is 12.0 Å². The second-order valence-corrected chi connectivity index (χ2v) is 5.01. The van der Waals surface area contributed by atoms with Gasteiger partial charge in [-0.2, -0.15) is 0 Å². The minimum atomic E-state index is -0.0536. The average molecular weight is 219 g/mol. The molecule has 0 fully saturated rings. The van der Waals surface area contributed by atoms with Gasteiger partial charge in [0.25, 0.3) is 5.56 Å². The van der Waals surface area contributed by atoms with Gasteiger partial charge in [-0.1, -0.05) is 20.8 Å². The summed E-state index contributed by atoms with van der Waals surface area (Å²) in [6, 6.07) is 0. The van der Waals surface area contributed by atoms with E-state index in [2.05, 4.69) is 37.7 Å². The molecule has 2 rings (SSSR count). The van der Waals surface area contributed by atoms with Crippen molar-refractivity contribution in [1.29, 1.82) is 0 Å². The third kappa shape index (κ3) is 1.54. The van der Waals surface area contributed by atoms with E-state index >= 15 is 0 Å². The molecule has 16 heavy (non-hydrogen) atoms. The van der Waals surface area contributed by atoms with Crippen molar-refractivity contribution < 1.29 is 0 Å². The van der Waals surface area contributed by atoms with E-state index in [0.29, 0.717) is 0 Å². The molecule has 0 bridgehead atoms. The summed E-state index contributed by atoms with van der Waals surface area (Å²) >= 11 is 0. The molecule has 0 aromatic carbocycles. The molecule has 0 aliphatic rings. The van der Waals surface area contributed by atoms with Gasteiger partial charge in [-0.3, -0.25) is 4.79 Å². The van der Waals surface area contributed by atoms with E-state index in [-0.39, 0.29) is 11.0 Å². The molecule has 1 N–H and O–H groups in total. The molecule has 4 nitrogen and oxygen atoms in total. The van der Waals surface area contributed by atoms with Crippen LogP contribution in [0.1, 0.15) is 33.3 Å². The number of fused-ring (bicyclic) bond motifs is 1. The van der Waals surface area contributed by atoms with Gasteiger partial charge in [0.2, 0.25) is 0 Å². The van der Waals surface area contributed by atoms with Crippen LogP contribution in [0.15, 0.2) is 17.3 Å². The lowest BCUT2D eigenvalue weighted by Gasteiger charge is -2.16. The van der Waals surface area contributed by atoms with Gasteiger partial charge < -0.3 is 9.55 Å². The predicted molar refractivity (Wildman–Crippen MR) is 64.7 cm³/mol. The van der Waals surface area contributed by atoms with Crippen molar-refractivity contribution in [3.05, 3.63) is 28.4 Å². The summed E-state index contributed by atoms with van der Waals surface area (Å²) in [6.07, 6.45) is 3.50. The van der Waals surface area contributed by atoms with Gasteiger partial charge in [-0.15, -0.1) is 0 Å². The second kappa shape index (κ2) is 3.47. The highest BCUT2D eigenvalue weighted by molar-refractivity contribution is 5.80. The summed E-state index contributed by atoms with van der Waals surface area (Å²) < 4.78 is 2.02. The number of nitrogens with zero attached hydrogens (tertiary/aromatic N) is 2. The molecule has 2 heterocycles. The minimum absolute atomic E-state index is 0.0469. The molecule has 0 saturated heterocycles. The number of hydrogen-bond donors (Lipinski definition) is 1. The molecule has 0 atom stereocenters. The van der Waals surface area contributed by atoms with Crippen molar-refractivity contribution in [3.8, 4) is 0 Å². The molecular formula is C12H17N3O.